The van der Waals surface area contributed by atoms with Crippen LogP contribution >= 0.6 is 0 Å². The highest BCUT2D eigenvalue weighted by Gasteiger charge is 2.20. The number of ether oxygens (including phenoxy) is 1. The zero-order valence-electron chi connectivity index (χ0n) is 11.4. The van der Waals surface area contributed by atoms with Crippen molar-refractivity contribution < 1.29 is 14.3 Å². The molecule has 20 heavy (non-hydrogen) atoms. The van der Waals surface area contributed by atoms with Crippen molar-refractivity contribution in [1.82, 2.24) is 9.88 Å². The number of carbonyl (C=O) groups is 2. The van der Waals surface area contributed by atoms with E-state index in [-0.39, 0.29) is 29.4 Å². The number of nitrogen functional groups attached to an aromatic ring is 1. The molecule has 0 aliphatic carbocycles. The quantitative estimate of drug-likeness (QED) is 0.762. The van der Waals surface area contributed by atoms with Crippen molar-refractivity contribution in [2.24, 2.45) is 0 Å². The number of anilines is 1. The first-order chi connectivity index (χ1) is 9.58. The number of rotatable bonds is 6. The van der Waals surface area contributed by atoms with E-state index in [0.717, 1.165) is 0 Å². The standard InChI is InChI=1S/C13H16N4O3/c1-3-17(5-6-18)13(19)11-7-10(15)9(8-14)12(16-11)20-4-2/h6-7H,3-5H2,1-2H3,(H2,15,16). The summed E-state index contributed by atoms with van der Waals surface area (Å²) in [4.78, 5) is 28.1. The smallest absolute Gasteiger partial charge is 0.273 e. The van der Waals surface area contributed by atoms with Gasteiger partial charge in [0.2, 0.25) is 5.88 Å². The third-order valence-corrected chi connectivity index (χ3v) is 2.59. The molecule has 0 atom stereocenters. The summed E-state index contributed by atoms with van der Waals surface area (Å²) in [5.41, 5.74) is 6.00. The number of nitriles is 1. The summed E-state index contributed by atoms with van der Waals surface area (Å²) in [6.07, 6.45) is 0.637. The predicted octanol–water partition coefficient (Wildman–Crippen LogP) is 0.595. The van der Waals surface area contributed by atoms with Gasteiger partial charge in [-0.05, 0) is 19.9 Å². The maximum Gasteiger partial charge on any atom is 0.273 e. The van der Waals surface area contributed by atoms with Gasteiger partial charge >= 0.3 is 0 Å². The van der Waals surface area contributed by atoms with Crippen LogP contribution in [0.2, 0.25) is 0 Å². The number of aldehydes is 1. The Morgan fingerprint density at radius 1 is 1.60 bits per heavy atom. The number of nitrogens with two attached hydrogens (primary N) is 1. The highest BCUT2D eigenvalue weighted by Crippen LogP contribution is 2.23. The minimum Gasteiger partial charge on any atom is -0.477 e. The number of pyridine rings is 1. The van der Waals surface area contributed by atoms with Crippen molar-refractivity contribution >= 4 is 17.9 Å². The highest BCUT2D eigenvalue weighted by atomic mass is 16.5. The van der Waals surface area contributed by atoms with Crippen LogP contribution in [0.25, 0.3) is 0 Å². The molecule has 1 heterocycles. The Morgan fingerprint density at radius 2 is 2.30 bits per heavy atom. The molecule has 0 radical (unpaired) electrons. The van der Waals surface area contributed by atoms with E-state index in [2.05, 4.69) is 4.98 Å². The molecule has 0 saturated carbocycles. The number of carbonyl (C=O) groups excluding carboxylic acids is 2. The van der Waals surface area contributed by atoms with Crippen LogP contribution in [0, 0.1) is 11.3 Å². The summed E-state index contributed by atoms with van der Waals surface area (Å²) in [7, 11) is 0. The third kappa shape index (κ3) is 3.23. The average Bonchev–Trinajstić information content (AvgIpc) is 2.44. The van der Waals surface area contributed by atoms with Gasteiger partial charge in [-0.15, -0.1) is 0 Å². The number of hydrogen-bond acceptors (Lipinski definition) is 6. The molecule has 7 heteroatoms. The number of hydrogen-bond donors (Lipinski definition) is 1. The second-order valence-electron chi connectivity index (χ2n) is 3.83. The molecule has 1 amide bonds. The lowest BCUT2D eigenvalue weighted by Crippen LogP contribution is -2.33. The zero-order chi connectivity index (χ0) is 15.1. The van der Waals surface area contributed by atoms with Crippen LogP contribution in [0.4, 0.5) is 5.69 Å². The van der Waals surface area contributed by atoms with Gasteiger partial charge in [0.1, 0.15) is 23.6 Å². The van der Waals surface area contributed by atoms with Crippen LogP contribution in [-0.2, 0) is 4.79 Å². The largest absolute Gasteiger partial charge is 0.477 e. The SMILES string of the molecule is CCOc1nc(C(=O)N(CC)CC=O)cc(N)c1C#N. The first kappa shape index (κ1) is 15.4. The van der Waals surface area contributed by atoms with Gasteiger partial charge in [-0.2, -0.15) is 5.26 Å². The molecule has 1 rings (SSSR count). The first-order valence-electron chi connectivity index (χ1n) is 6.15. The topological polar surface area (TPSA) is 109 Å². The molecular weight excluding hydrogens is 260 g/mol. The maximum atomic E-state index is 12.2. The summed E-state index contributed by atoms with van der Waals surface area (Å²) in [5, 5.41) is 9.00. The number of nitrogens with zero attached hydrogens (tertiary/aromatic N) is 3. The Labute approximate surface area is 116 Å². The van der Waals surface area contributed by atoms with E-state index in [4.69, 9.17) is 15.7 Å². The summed E-state index contributed by atoms with van der Waals surface area (Å²) in [5.74, 6) is -0.405. The second kappa shape index (κ2) is 7.09. The van der Waals surface area contributed by atoms with Crippen molar-refractivity contribution in [3.05, 3.63) is 17.3 Å². The van der Waals surface area contributed by atoms with Crippen LogP contribution in [0.5, 0.6) is 5.88 Å². The molecule has 0 fully saturated rings. The molecule has 0 saturated heterocycles. The van der Waals surface area contributed by atoms with Crippen LogP contribution < -0.4 is 10.5 Å². The van der Waals surface area contributed by atoms with Gasteiger partial charge in [-0.3, -0.25) is 4.79 Å². The molecule has 7 nitrogen and oxygen atoms in total. The first-order valence-corrected chi connectivity index (χ1v) is 6.15. The van der Waals surface area contributed by atoms with Crippen molar-refractivity contribution in [2.75, 3.05) is 25.4 Å². The molecule has 0 aromatic carbocycles. The summed E-state index contributed by atoms with van der Waals surface area (Å²) < 4.78 is 5.22. The molecular formula is C13H16N4O3. The van der Waals surface area contributed by atoms with Gasteiger partial charge in [-0.25, -0.2) is 4.98 Å². The highest BCUT2D eigenvalue weighted by molar-refractivity contribution is 5.94. The van der Waals surface area contributed by atoms with Crippen LogP contribution in [0.15, 0.2) is 6.07 Å². The summed E-state index contributed by atoms with van der Waals surface area (Å²) in [6, 6.07) is 3.21. The van der Waals surface area contributed by atoms with E-state index in [0.29, 0.717) is 19.4 Å². The van der Waals surface area contributed by atoms with E-state index in [1.54, 1.807) is 13.8 Å². The van der Waals surface area contributed by atoms with Crippen molar-refractivity contribution in [3.8, 4) is 11.9 Å². The lowest BCUT2D eigenvalue weighted by atomic mass is 10.2. The number of likely N-dealkylation sites (N-methyl/N-ethyl adjacent to an activating group) is 1. The maximum absolute atomic E-state index is 12.2. The van der Waals surface area contributed by atoms with Crippen LogP contribution in [0.1, 0.15) is 29.9 Å². The van der Waals surface area contributed by atoms with E-state index in [9.17, 15) is 9.59 Å². The molecule has 1 aromatic rings. The molecule has 106 valence electrons. The lowest BCUT2D eigenvalue weighted by molar-refractivity contribution is -0.108. The van der Waals surface area contributed by atoms with E-state index in [1.807, 2.05) is 6.07 Å². The predicted molar refractivity (Wildman–Crippen MR) is 72.2 cm³/mol. The molecule has 0 bridgehead atoms. The molecule has 1 aromatic heterocycles. The average molecular weight is 276 g/mol. The Morgan fingerprint density at radius 3 is 2.80 bits per heavy atom. The third-order valence-electron chi connectivity index (χ3n) is 2.59. The molecule has 0 aliphatic rings. The Balaban J connectivity index is 3.22. The fourth-order valence-electron chi connectivity index (χ4n) is 1.61. The van der Waals surface area contributed by atoms with Gasteiger partial charge in [0.25, 0.3) is 5.91 Å². The van der Waals surface area contributed by atoms with Gasteiger partial charge in [0.15, 0.2) is 0 Å². The fraction of sp³-hybridized carbons (Fsp3) is 0.385. The van der Waals surface area contributed by atoms with Crippen molar-refractivity contribution in [2.45, 2.75) is 13.8 Å². The normalized spacial score (nSPS) is 9.65. The van der Waals surface area contributed by atoms with Gasteiger partial charge in [0, 0.05) is 6.54 Å². The molecule has 2 N–H and O–H groups in total. The van der Waals surface area contributed by atoms with Crippen molar-refractivity contribution in [3.63, 3.8) is 0 Å². The van der Waals surface area contributed by atoms with E-state index in [1.165, 1.54) is 11.0 Å². The Kier molecular flexibility index (Phi) is 5.47. The monoisotopic (exact) mass is 276 g/mol. The zero-order valence-corrected chi connectivity index (χ0v) is 11.4. The van der Waals surface area contributed by atoms with Gasteiger partial charge in [0.05, 0.1) is 18.8 Å². The minimum atomic E-state index is -0.434. The van der Waals surface area contributed by atoms with E-state index < -0.39 is 5.91 Å². The molecule has 0 unspecified atom stereocenters. The van der Waals surface area contributed by atoms with Crippen LogP contribution in [0.3, 0.4) is 0 Å². The lowest BCUT2D eigenvalue weighted by Gasteiger charge is -2.18. The fourth-order valence-corrected chi connectivity index (χ4v) is 1.61. The Hall–Kier alpha value is -2.62. The van der Waals surface area contributed by atoms with E-state index >= 15 is 0 Å². The molecule has 0 spiro atoms. The number of aromatic nitrogens is 1. The minimum absolute atomic E-state index is 0.0269. The summed E-state index contributed by atoms with van der Waals surface area (Å²) in [6.45, 7) is 4.12. The second-order valence-corrected chi connectivity index (χ2v) is 3.83. The van der Waals surface area contributed by atoms with Crippen molar-refractivity contribution in [1.29, 1.82) is 5.26 Å². The summed E-state index contributed by atoms with van der Waals surface area (Å²) >= 11 is 0. The van der Waals surface area contributed by atoms with Gasteiger partial charge < -0.3 is 20.2 Å². The van der Waals surface area contributed by atoms with Gasteiger partial charge in [-0.1, -0.05) is 0 Å². The molecule has 0 aliphatic heterocycles. The number of amides is 1. The van der Waals surface area contributed by atoms with Crippen LogP contribution in [-0.4, -0.2) is 41.8 Å². The Bertz CT molecular complexity index is 551.